The maximum atomic E-state index is 11.8. The quantitative estimate of drug-likeness (QED) is 0.522. The molecular weight excluding hydrogens is 494 g/mol. The Kier molecular flexibility index (Phi) is 8.16. The van der Waals surface area contributed by atoms with Gasteiger partial charge in [0.15, 0.2) is 11.4 Å². The fourth-order valence-electron chi connectivity index (χ4n) is 5.44. The summed E-state index contributed by atoms with van der Waals surface area (Å²) in [4.78, 5) is 25.3. The van der Waals surface area contributed by atoms with Gasteiger partial charge in [0.1, 0.15) is 18.0 Å². The zero-order chi connectivity index (χ0) is 27.4. The summed E-state index contributed by atoms with van der Waals surface area (Å²) < 4.78 is 11.9. The van der Waals surface area contributed by atoms with Crippen LogP contribution in [0.25, 0.3) is 0 Å². The molecule has 3 aliphatic heterocycles. The molecule has 2 N–H and O–H groups in total. The number of anilines is 3. The number of hydrogen-bond donors (Lipinski definition) is 2. The Morgan fingerprint density at radius 3 is 2.85 bits per heavy atom. The summed E-state index contributed by atoms with van der Waals surface area (Å²) in [6.07, 6.45) is 3.24. The van der Waals surface area contributed by atoms with Gasteiger partial charge in [-0.15, -0.1) is 0 Å². The molecule has 5 rings (SSSR count). The molecule has 10 heteroatoms. The summed E-state index contributed by atoms with van der Waals surface area (Å²) >= 11 is 0. The number of hydrogen-bond acceptors (Lipinski definition) is 9. The number of carbonyl (C=O) groups is 1. The minimum Gasteiger partial charge on any atom is -0.481 e. The van der Waals surface area contributed by atoms with Crippen LogP contribution in [0.4, 0.5) is 17.2 Å². The van der Waals surface area contributed by atoms with E-state index in [1.165, 1.54) is 0 Å². The summed E-state index contributed by atoms with van der Waals surface area (Å²) in [5.41, 5.74) is 3.88. The summed E-state index contributed by atoms with van der Waals surface area (Å²) in [5.74, 6) is 6.49. The molecule has 204 valence electrons. The Hall–Kier alpha value is -3.86. The van der Waals surface area contributed by atoms with E-state index < -0.39 is 0 Å². The van der Waals surface area contributed by atoms with Crippen molar-refractivity contribution >= 4 is 23.1 Å². The number of pyridine rings is 2. The fraction of sp³-hybridized carbons (Fsp3) is 0.517. The number of nitriles is 1. The lowest BCUT2D eigenvalue weighted by Gasteiger charge is -2.38. The molecule has 2 aromatic rings. The van der Waals surface area contributed by atoms with Crippen LogP contribution in [0, 0.1) is 23.2 Å². The molecule has 39 heavy (non-hydrogen) atoms. The van der Waals surface area contributed by atoms with Crippen LogP contribution in [0.3, 0.4) is 0 Å². The number of morpholine rings is 1. The average Bonchev–Trinajstić information content (AvgIpc) is 3.07. The molecule has 0 radical (unpaired) electrons. The first kappa shape index (κ1) is 26.7. The van der Waals surface area contributed by atoms with Crippen molar-refractivity contribution in [2.75, 3.05) is 56.2 Å². The Labute approximate surface area is 229 Å². The van der Waals surface area contributed by atoms with Gasteiger partial charge >= 0.3 is 0 Å². The van der Waals surface area contributed by atoms with Crippen molar-refractivity contribution in [1.29, 1.82) is 5.26 Å². The van der Waals surface area contributed by atoms with Gasteiger partial charge in [-0.1, -0.05) is 12.8 Å². The van der Waals surface area contributed by atoms with Crippen LogP contribution in [0.1, 0.15) is 62.6 Å². The van der Waals surface area contributed by atoms with Gasteiger partial charge in [0.25, 0.3) is 5.91 Å². The highest BCUT2D eigenvalue weighted by Crippen LogP contribution is 2.44. The lowest BCUT2D eigenvalue weighted by Crippen LogP contribution is -2.59. The highest BCUT2D eigenvalue weighted by molar-refractivity contribution is 5.94. The third-order valence-electron chi connectivity index (χ3n) is 7.61. The molecular formula is C29H35N7O3. The minimum absolute atomic E-state index is 0.114. The predicted molar refractivity (Wildman–Crippen MR) is 148 cm³/mol. The molecule has 3 aliphatic rings. The van der Waals surface area contributed by atoms with Crippen LogP contribution in [-0.4, -0.2) is 72.8 Å². The second kappa shape index (κ2) is 11.9. The number of rotatable bonds is 7. The van der Waals surface area contributed by atoms with Crippen molar-refractivity contribution < 1.29 is 14.3 Å². The molecule has 1 amide bonds. The van der Waals surface area contributed by atoms with E-state index in [0.29, 0.717) is 37.7 Å². The van der Waals surface area contributed by atoms with Crippen molar-refractivity contribution in [3.63, 3.8) is 0 Å². The third-order valence-corrected chi connectivity index (χ3v) is 7.61. The van der Waals surface area contributed by atoms with Gasteiger partial charge in [-0.3, -0.25) is 4.79 Å². The average molecular weight is 530 g/mol. The third kappa shape index (κ3) is 5.63. The SMILES string of the molecule is CC#CC(=O)N1CC(NCCC(CC)c2cc3c(c(C#N)n2)O[C@H](C)c2c(N4CCOCC4)ccnc2N3)C1. The molecule has 2 atom stereocenters. The van der Waals surface area contributed by atoms with Crippen LogP contribution < -0.4 is 20.3 Å². The zero-order valence-corrected chi connectivity index (χ0v) is 22.8. The molecule has 2 fully saturated rings. The van der Waals surface area contributed by atoms with E-state index in [0.717, 1.165) is 55.2 Å². The van der Waals surface area contributed by atoms with Crippen molar-refractivity contribution in [1.82, 2.24) is 20.2 Å². The number of aromatic nitrogens is 2. The van der Waals surface area contributed by atoms with Gasteiger partial charge in [0.2, 0.25) is 0 Å². The molecule has 2 aromatic heterocycles. The first-order chi connectivity index (χ1) is 19.0. The smallest absolute Gasteiger partial charge is 0.298 e. The van der Waals surface area contributed by atoms with Gasteiger partial charge in [-0.25, -0.2) is 9.97 Å². The number of ether oxygens (including phenoxy) is 2. The number of amides is 1. The molecule has 10 nitrogen and oxygen atoms in total. The maximum Gasteiger partial charge on any atom is 0.298 e. The van der Waals surface area contributed by atoms with E-state index in [9.17, 15) is 10.1 Å². The Bertz CT molecular complexity index is 1320. The van der Waals surface area contributed by atoms with E-state index in [1.807, 2.05) is 25.3 Å². The van der Waals surface area contributed by atoms with Crippen LogP contribution in [-0.2, 0) is 9.53 Å². The van der Waals surface area contributed by atoms with Crippen molar-refractivity contribution in [3.8, 4) is 23.7 Å². The highest BCUT2D eigenvalue weighted by Gasteiger charge is 2.31. The van der Waals surface area contributed by atoms with Gasteiger partial charge < -0.3 is 29.9 Å². The number of likely N-dealkylation sites (tertiary alicyclic amines) is 1. The van der Waals surface area contributed by atoms with E-state index >= 15 is 0 Å². The van der Waals surface area contributed by atoms with E-state index in [1.54, 1.807) is 11.8 Å². The van der Waals surface area contributed by atoms with E-state index in [-0.39, 0.29) is 29.7 Å². The lowest BCUT2D eigenvalue weighted by atomic mass is 9.96. The molecule has 1 unspecified atom stereocenters. The van der Waals surface area contributed by atoms with Gasteiger partial charge in [-0.05, 0) is 51.3 Å². The summed E-state index contributed by atoms with van der Waals surface area (Å²) in [5, 5.41) is 17.0. The molecule has 0 saturated carbocycles. The van der Waals surface area contributed by atoms with E-state index in [2.05, 4.69) is 45.4 Å². The topological polar surface area (TPSA) is 116 Å². The maximum absolute atomic E-state index is 11.8. The normalized spacial score (nSPS) is 19.1. The first-order valence-corrected chi connectivity index (χ1v) is 13.7. The van der Waals surface area contributed by atoms with Crippen LogP contribution >= 0.6 is 0 Å². The van der Waals surface area contributed by atoms with Crippen molar-refractivity contribution in [2.45, 2.75) is 51.7 Å². The van der Waals surface area contributed by atoms with Crippen LogP contribution in [0.15, 0.2) is 18.3 Å². The second-order valence-electron chi connectivity index (χ2n) is 10.1. The molecule has 0 aliphatic carbocycles. The van der Waals surface area contributed by atoms with Gasteiger partial charge in [0, 0.05) is 55.7 Å². The van der Waals surface area contributed by atoms with Crippen molar-refractivity contribution in [3.05, 3.63) is 35.3 Å². The molecule has 2 saturated heterocycles. The Morgan fingerprint density at radius 1 is 1.33 bits per heavy atom. The molecule has 5 heterocycles. The van der Waals surface area contributed by atoms with Gasteiger partial charge in [0.05, 0.1) is 24.5 Å². The lowest BCUT2D eigenvalue weighted by molar-refractivity contribution is -0.129. The van der Waals surface area contributed by atoms with E-state index in [4.69, 9.17) is 14.5 Å². The highest BCUT2D eigenvalue weighted by atomic mass is 16.5. The van der Waals surface area contributed by atoms with Crippen LogP contribution in [0.2, 0.25) is 0 Å². The Balaban J connectivity index is 1.32. The Morgan fingerprint density at radius 2 is 2.13 bits per heavy atom. The first-order valence-electron chi connectivity index (χ1n) is 13.7. The monoisotopic (exact) mass is 529 g/mol. The standard InChI is InChI=1S/C29H35N7O3/c1-4-6-26(37)36-17-21(18-36)31-9-7-20(5-2)22-15-23-28(24(16-30)33-22)39-19(3)27-25(8-10-32-29(27)34-23)35-11-13-38-14-12-35/h8,10,15,19-21,31H,5,7,9,11-14,17-18H2,1-3H3,(H,32,34)/t19-,20?/m1/s1. The largest absolute Gasteiger partial charge is 0.481 e. The van der Waals surface area contributed by atoms with Crippen molar-refractivity contribution in [2.24, 2.45) is 0 Å². The molecule has 0 spiro atoms. The summed E-state index contributed by atoms with van der Waals surface area (Å²) in [6, 6.07) is 6.56. The number of carbonyl (C=O) groups excluding carboxylic acids is 1. The number of nitrogens with one attached hydrogen (secondary N) is 2. The van der Waals surface area contributed by atoms with Gasteiger partial charge in [-0.2, -0.15) is 5.26 Å². The number of nitrogens with zero attached hydrogens (tertiary/aromatic N) is 5. The number of fused-ring (bicyclic) bond motifs is 2. The minimum atomic E-state index is -0.316. The zero-order valence-electron chi connectivity index (χ0n) is 22.8. The van der Waals surface area contributed by atoms with Crippen LogP contribution in [0.5, 0.6) is 5.75 Å². The molecule has 0 bridgehead atoms. The fourth-order valence-corrected chi connectivity index (χ4v) is 5.44. The second-order valence-corrected chi connectivity index (χ2v) is 10.1. The molecule has 0 aromatic carbocycles. The summed E-state index contributed by atoms with van der Waals surface area (Å²) in [7, 11) is 0. The summed E-state index contributed by atoms with van der Waals surface area (Å²) in [6.45, 7) is 10.9. The predicted octanol–water partition coefficient (Wildman–Crippen LogP) is 3.09.